The minimum atomic E-state index is -1.09. The topological polar surface area (TPSA) is 128 Å². The maximum absolute atomic E-state index is 13.4. The summed E-state index contributed by atoms with van der Waals surface area (Å²) in [4.78, 5) is 45.0. The second kappa shape index (κ2) is 11.3. The molecular formula is C32H34N4O5S. The minimum Gasteiger partial charge on any atom is -0.441 e. The largest absolute Gasteiger partial charge is 0.441 e. The third kappa shape index (κ3) is 5.56. The number of fused-ring (bicyclic) bond motifs is 2. The lowest BCUT2D eigenvalue weighted by Gasteiger charge is -2.38. The average Bonchev–Trinajstić information content (AvgIpc) is 3.59. The van der Waals surface area contributed by atoms with Crippen molar-refractivity contribution in [2.24, 2.45) is 5.73 Å². The van der Waals surface area contributed by atoms with Crippen molar-refractivity contribution in [2.45, 2.75) is 63.2 Å². The van der Waals surface area contributed by atoms with Crippen LogP contribution in [-0.2, 0) is 22.5 Å². The first-order valence-electron chi connectivity index (χ1n) is 14.3. The summed E-state index contributed by atoms with van der Waals surface area (Å²) in [6.45, 7) is 3.09. The number of hydrogen-bond donors (Lipinski definition) is 2. The number of piperidine rings is 1. The van der Waals surface area contributed by atoms with Gasteiger partial charge in [0.2, 0.25) is 5.91 Å². The van der Waals surface area contributed by atoms with Gasteiger partial charge in [-0.1, -0.05) is 49.4 Å². The monoisotopic (exact) mass is 586 g/mol. The maximum Gasteiger partial charge on any atom is 0.405 e. The Labute approximate surface area is 247 Å². The van der Waals surface area contributed by atoms with Gasteiger partial charge in [-0.05, 0) is 59.9 Å². The van der Waals surface area contributed by atoms with E-state index in [0.29, 0.717) is 49.7 Å². The number of benzene rings is 2. The van der Waals surface area contributed by atoms with Crippen LogP contribution in [0.1, 0.15) is 61.3 Å². The molecule has 2 aromatic carbocycles. The van der Waals surface area contributed by atoms with Gasteiger partial charge in [0.05, 0.1) is 34.3 Å². The zero-order valence-corrected chi connectivity index (χ0v) is 24.3. The van der Waals surface area contributed by atoms with Crippen molar-refractivity contribution < 1.29 is 19.4 Å². The van der Waals surface area contributed by atoms with Crippen LogP contribution in [-0.4, -0.2) is 50.2 Å². The SMILES string of the molecule is CC(CC(=O)N1CCC(O)(Cn2cnc3c(-c4ccc5c(c4)CCC5OC(N)=O)scc3c2=O)CC1)c1ccccc1. The predicted molar refractivity (Wildman–Crippen MR) is 161 cm³/mol. The van der Waals surface area contributed by atoms with Crippen LogP contribution >= 0.6 is 11.3 Å². The first-order valence-corrected chi connectivity index (χ1v) is 15.2. The number of aliphatic hydroxyl groups is 1. The molecule has 218 valence electrons. The molecule has 1 saturated heterocycles. The Bertz CT molecular complexity index is 1690. The van der Waals surface area contributed by atoms with E-state index in [2.05, 4.69) is 18.0 Å². The number of rotatable bonds is 7. The van der Waals surface area contributed by atoms with Crippen molar-refractivity contribution >= 4 is 34.2 Å². The Morgan fingerprint density at radius 1 is 1.19 bits per heavy atom. The summed E-state index contributed by atoms with van der Waals surface area (Å²) in [5, 5.41) is 13.7. The van der Waals surface area contributed by atoms with Crippen LogP contribution in [0.3, 0.4) is 0 Å². The van der Waals surface area contributed by atoms with Gasteiger partial charge in [0.25, 0.3) is 5.56 Å². The second-order valence-corrected chi connectivity index (χ2v) is 12.4. The Hall–Kier alpha value is -4.02. The maximum atomic E-state index is 13.4. The third-order valence-electron chi connectivity index (χ3n) is 8.63. The molecule has 2 aromatic heterocycles. The van der Waals surface area contributed by atoms with Crippen LogP contribution in [0.2, 0.25) is 0 Å². The highest BCUT2D eigenvalue weighted by atomic mass is 32.1. The second-order valence-electron chi connectivity index (χ2n) is 11.5. The number of carbonyl (C=O) groups excluding carboxylic acids is 2. The summed E-state index contributed by atoms with van der Waals surface area (Å²) in [7, 11) is 0. The fraction of sp³-hybridized carbons (Fsp3) is 0.375. The number of ether oxygens (including phenoxy) is 1. The van der Waals surface area contributed by atoms with E-state index in [1.807, 2.05) is 52.7 Å². The molecule has 1 fully saturated rings. The van der Waals surface area contributed by atoms with Crippen LogP contribution in [0.5, 0.6) is 0 Å². The van der Waals surface area contributed by atoms with Crippen LogP contribution in [0.4, 0.5) is 4.79 Å². The number of hydrogen-bond acceptors (Lipinski definition) is 7. The Morgan fingerprint density at radius 2 is 1.95 bits per heavy atom. The summed E-state index contributed by atoms with van der Waals surface area (Å²) in [6.07, 6.45) is 3.09. The van der Waals surface area contributed by atoms with Crippen molar-refractivity contribution in [3.8, 4) is 10.4 Å². The first kappa shape index (κ1) is 28.1. The van der Waals surface area contributed by atoms with Gasteiger partial charge in [-0.25, -0.2) is 9.78 Å². The number of carbonyl (C=O) groups is 2. The summed E-state index contributed by atoms with van der Waals surface area (Å²) in [5.41, 5.74) is 8.70. The van der Waals surface area contributed by atoms with Gasteiger partial charge in [-0.3, -0.25) is 14.2 Å². The van der Waals surface area contributed by atoms with Gasteiger partial charge in [0, 0.05) is 24.9 Å². The van der Waals surface area contributed by atoms with Crippen LogP contribution in [0.25, 0.3) is 21.3 Å². The van der Waals surface area contributed by atoms with E-state index in [-0.39, 0.29) is 30.0 Å². The Morgan fingerprint density at radius 3 is 2.69 bits per heavy atom. The fourth-order valence-electron chi connectivity index (χ4n) is 6.20. The number of amides is 2. The normalized spacial score (nSPS) is 18.5. The molecule has 42 heavy (non-hydrogen) atoms. The molecule has 2 aliphatic rings. The molecule has 9 nitrogen and oxygen atoms in total. The molecule has 0 spiro atoms. The molecule has 2 amide bonds. The van der Waals surface area contributed by atoms with Crippen molar-refractivity contribution in [3.63, 3.8) is 0 Å². The lowest BCUT2D eigenvalue weighted by atomic mass is 9.90. The molecule has 3 heterocycles. The fourth-order valence-corrected chi connectivity index (χ4v) is 7.19. The van der Waals surface area contributed by atoms with E-state index in [4.69, 9.17) is 10.5 Å². The molecule has 1 aliphatic heterocycles. The van der Waals surface area contributed by atoms with Crippen LogP contribution in [0, 0.1) is 0 Å². The lowest BCUT2D eigenvalue weighted by molar-refractivity contribution is -0.136. The number of primary amides is 1. The summed E-state index contributed by atoms with van der Waals surface area (Å²) >= 11 is 1.46. The van der Waals surface area contributed by atoms with Gasteiger partial charge in [-0.15, -0.1) is 11.3 Å². The summed E-state index contributed by atoms with van der Waals surface area (Å²) in [6, 6.07) is 16.0. The summed E-state index contributed by atoms with van der Waals surface area (Å²) in [5.74, 6) is 0.206. The minimum absolute atomic E-state index is 0.0851. The molecule has 0 saturated carbocycles. The van der Waals surface area contributed by atoms with E-state index >= 15 is 0 Å². The van der Waals surface area contributed by atoms with Crippen LogP contribution in [0.15, 0.2) is 65.0 Å². The highest BCUT2D eigenvalue weighted by molar-refractivity contribution is 7.15. The number of thiophene rings is 1. The van der Waals surface area contributed by atoms with Gasteiger partial charge in [0.1, 0.15) is 6.10 Å². The predicted octanol–water partition coefficient (Wildman–Crippen LogP) is 4.75. The molecule has 0 bridgehead atoms. The van der Waals surface area contributed by atoms with Crippen LogP contribution < -0.4 is 11.3 Å². The van der Waals surface area contributed by atoms with Crippen molar-refractivity contribution in [2.75, 3.05) is 13.1 Å². The van der Waals surface area contributed by atoms with E-state index in [1.165, 1.54) is 22.2 Å². The standard InChI is InChI=1S/C32H34N4O5S/c1-20(21-5-3-2-4-6-21)15-27(37)35-13-11-32(40,12-14-35)18-36-19-34-28-25(30(36)38)17-42-29(28)23-7-9-24-22(16-23)8-10-26(24)41-31(33)39/h2-7,9,16-17,19-20,26,40H,8,10-15,18H2,1H3,(H2,33,39). The van der Waals surface area contributed by atoms with Gasteiger partial charge >= 0.3 is 6.09 Å². The average molecular weight is 587 g/mol. The highest BCUT2D eigenvalue weighted by Crippen LogP contribution is 2.39. The first-order chi connectivity index (χ1) is 20.2. The van der Waals surface area contributed by atoms with Gasteiger partial charge in [0.15, 0.2) is 0 Å². The highest BCUT2D eigenvalue weighted by Gasteiger charge is 2.35. The van der Waals surface area contributed by atoms with E-state index < -0.39 is 11.7 Å². The number of likely N-dealkylation sites (tertiary alicyclic amines) is 1. The lowest BCUT2D eigenvalue weighted by Crippen LogP contribution is -2.49. The van der Waals surface area contributed by atoms with E-state index in [0.717, 1.165) is 33.6 Å². The van der Waals surface area contributed by atoms with E-state index in [9.17, 15) is 19.5 Å². The third-order valence-corrected chi connectivity index (χ3v) is 9.65. The molecule has 10 heteroatoms. The Kier molecular flexibility index (Phi) is 7.59. The zero-order chi connectivity index (χ0) is 29.4. The number of aromatic nitrogens is 2. The molecule has 1 aliphatic carbocycles. The zero-order valence-electron chi connectivity index (χ0n) is 23.5. The van der Waals surface area contributed by atoms with Crippen molar-refractivity contribution in [1.82, 2.24) is 14.5 Å². The van der Waals surface area contributed by atoms with Gasteiger partial charge in [-0.2, -0.15) is 0 Å². The Balaban J connectivity index is 1.13. The molecule has 3 N–H and O–H groups in total. The van der Waals surface area contributed by atoms with Crippen molar-refractivity contribution in [1.29, 1.82) is 0 Å². The molecule has 6 rings (SSSR count). The molecule has 0 radical (unpaired) electrons. The molecular weight excluding hydrogens is 552 g/mol. The van der Waals surface area contributed by atoms with Crippen molar-refractivity contribution in [3.05, 3.63) is 87.3 Å². The van der Waals surface area contributed by atoms with E-state index in [1.54, 1.807) is 0 Å². The molecule has 2 unspecified atom stereocenters. The molecule has 2 atom stereocenters. The smallest absolute Gasteiger partial charge is 0.405 e. The number of nitrogens with zero attached hydrogens (tertiary/aromatic N) is 3. The molecule has 4 aromatic rings. The van der Waals surface area contributed by atoms with Gasteiger partial charge < -0.3 is 20.5 Å². The number of aryl methyl sites for hydroxylation is 1. The quantitative estimate of drug-likeness (QED) is 0.322. The number of nitrogens with two attached hydrogens (primary N) is 1. The summed E-state index contributed by atoms with van der Waals surface area (Å²) < 4.78 is 6.72.